The Bertz CT molecular complexity index is 680. The third-order valence-electron chi connectivity index (χ3n) is 2.84. The van der Waals surface area contributed by atoms with Gasteiger partial charge in [-0.05, 0) is 29.0 Å². The van der Waals surface area contributed by atoms with Crippen LogP contribution in [0.1, 0.15) is 26.3 Å². The van der Waals surface area contributed by atoms with Crippen molar-refractivity contribution in [1.82, 2.24) is 9.97 Å². The fourth-order valence-corrected chi connectivity index (χ4v) is 1.92. The number of rotatable bonds is 1. The van der Waals surface area contributed by atoms with Gasteiger partial charge in [-0.1, -0.05) is 39.1 Å². The molecule has 0 atom stereocenters. The molecule has 0 bridgehead atoms. The molecule has 1 radical (unpaired) electrons. The van der Waals surface area contributed by atoms with Gasteiger partial charge in [-0.15, -0.1) is 18.5 Å². The van der Waals surface area contributed by atoms with E-state index in [2.05, 4.69) is 54.4 Å². The van der Waals surface area contributed by atoms with E-state index < -0.39 is 0 Å². The Morgan fingerprint density at radius 2 is 1.71 bits per heavy atom. The Labute approximate surface area is 140 Å². The molecule has 0 aliphatic carbocycles. The quantitative estimate of drug-likeness (QED) is 0.262. The van der Waals surface area contributed by atoms with Gasteiger partial charge in [0.2, 0.25) is 0 Å². The maximum Gasteiger partial charge on any atom is 0.0406 e. The summed E-state index contributed by atoms with van der Waals surface area (Å²) in [7, 11) is 0. The molecule has 0 unspecified atom stereocenters. The zero-order chi connectivity index (χ0) is 15.0. The number of hydrogen-bond acceptors (Lipinski definition) is 2. The molecule has 0 fully saturated rings. The van der Waals surface area contributed by atoms with E-state index in [1.54, 1.807) is 0 Å². The fourth-order valence-electron chi connectivity index (χ4n) is 1.92. The number of aryl methyl sites for hydroxylation is 1. The maximum atomic E-state index is 4.50. The summed E-state index contributed by atoms with van der Waals surface area (Å²) in [5.74, 6) is 0. The summed E-state index contributed by atoms with van der Waals surface area (Å²) >= 11 is 0. The largest absolute Gasteiger partial charge is 0.384 e. The number of nitrogens with zero attached hydrogens (tertiary/aromatic N) is 2. The SMILES string of the molecule is C=C.CC.CCc1cnc2c(ccc3cc[c-]nc32)c1.[Rh]. The van der Waals surface area contributed by atoms with Crippen molar-refractivity contribution in [3.05, 3.63) is 61.4 Å². The van der Waals surface area contributed by atoms with Gasteiger partial charge in [0.1, 0.15) is 0 Å². The molecule has 0 aliphatic heterocycles. The van der Waals surface area contributed by atoms with Gasteiger partial charge in [0.05, 0.1) is 0 Å². The molecular weight excluding hydrogens is 347 g/mol. The van der Waals surface area contributed by atoms with Crippen LogP contribution < -0.4 is 0 Å². The third kappa shape index (κ3) is 4.44. The molecule has 2 nitrogen and oxygen atoms in total. The Balaban J connectivity index is 0.000000741. The molecule has 2 aromatic heterocycles. The molecule has 0 saturated heterocycles. The molecule has 3 rings (SSSR count). The van der Waals surface area contributed by atoms with Crippen molar-refractivity contribution in [3.63, 3.8) is 0 Å². The molecule has 21 heavy (non-hydrogen) atoms. The van der Waals surface area contributed by atoms with Gasteiger partial charge in [-0.3, -0.25) is 4.98 Å². The Kier molecular flexibility index (Phi) is 9.40. The van der Waals surface area contributed by atoms with E-state index >= 15 is 0 Å². The first-order chi connectivity index (χ1) is 9.88. The molecule has 1 aromatic carbocycles. The first-order valence-electron chi connectivity index (χ1n) is 6.93. The number of fused-ring (bicyclic) bond motifs is 3. The minimum Gasteiger partial charge on any atom is -0.384 e. The molecule has 0 spiro atoms. The van der Waals surface area contributed by atoms with Gasteiger partial charge >= 0.3 is 0 Å². The molecule has 0 N–H and O–H groups in total. The van der Waals surface area contributed by atoms with E-state index in [4.69, 9.17) is 0 Å². The van der Waals surface area contributed by atoms with Crippen LogP contribution in [0.4, 0.5) is 0 Å². The van der Waals surface area contributed by atoms with Crippen molar-refractivity contribution in [2.24, 2.45) is 0 Å². The topological polar surface area (TPSA) is 25.8 Å². The minimum absolute atomic E-state index is 0. The van der Waals surface area contributed by atoms with E-state index in [0.29, 0.717) is 0 Å². The van der Waals surface area contributed by atoms with Crippen molar-refractivity contribution in [2.75, 3.05) is 0 Å². The van der Waals surface area contributed by atoms with Crippen molar-refractivity contribution < 1.29 is 19.5 Å². The standard InChI is InChI=1S/C14H11N2.C2H6.C2H4.Rh/c1-2-10-8-12-6-5-11-4-3-7-15-13(11)14(12)16-9-10;2*1-2;/h3-6,8-9H,2H2,1H3;1-2H3;1-2H2;/q-1;;;. The minimum atomic E-state index is 0. The van der Waals surface area contributed by atoms with Crippen molar-refractivity contribution in [3.8, 4) is 0 Å². The number of hydrogen-bond donors (Lipinski definition) is 0. The Morgan fingerprint density at radius 1 is 1.05 bits per heavy atom. The van der Waals surface area contributed by atoms with Gasteiger partial charge < -0.3 is 4.98 Å². The van der Waals surface area contributed by atoms with Gasteiger partial charge in [-0.25, -0.2) is 0 Å². The van der Waals surface area contributed by atoms with Crippen LogP contribution in [0.2, 0.25) is 0 Å². The number of aromatic nitrogens is 2. The van der Waals surface area contributed by atoms with E-state index in [1.807, 2.05) is 32.2 Å². The summed E-state index contributed by atoms with van der Waals surface area (Å²) in [6.45, 7) is 12.1. The van der Waals surface area contributed by atoms with Crippen LogP contribution in [0.25, 0.3) is 21.8 Å². The summed E-state index contributed by atoms with van der Waals surface area (Å²) in [6, 6.07) is 10.2. The second kappa shape index (κ2) is 10.2. The summed E-state index contributed by atoms with van der Waals surface area (Å²) in [6.07, 6.45) is 5.80. The first-order valence-corrected chi connectivity index (χ1v) is 6.93. The second-order valence-corrected chi connectivity index (χ2v) is 3.85. The number of pyridine rings is 2. The van der Waals surface area contributed by atoms with Gasteiger partial charge in [0, 0.05) is 31.2 Å². The van der Waals surface area contributed by atoms with Crippen molar-refractivity contribution in [1.29, 1.82) is 0 Å². The molecule has 0 amide bonds. The normalized spacial score (nSPS) is 8.90. The number of benzene rings is 1. The zero-order valence-electron chi connectivity index (χ0n) is 12.8. The summed E-state index contributed by atoms with van der Waals surface area (Å²) in [5, 5.41) is 2.27. The predicted octanol–water partition coefficient (Wildman–Crippen LogP) is 4.97. The van der Waals surface area contributed by atoms with E-state index in [-0.39, 0.29) is 19.5 Å². The van der Waals surface area contributed by atoms with Gasteiger partial charge in [-0.2, -0.15) is 12.1 Å². The van der Waals surface area contributed by atoms with Gasteiger partial charge in [0.25, 0.3) is 0 Å². The maximum absolute atomic E-state index is 4.50. The molecule has 113 valence electrons. The van der Waals surface area contributed by atoms with E-state index in [0.717, 1.165) is 28.2 Å². The third-order valence-corrected chi connectivity index (χ3v) is 2.84. The van der Waals surface area contributed by atoms with E-state index in [9.17, 15) is 0 Å². The van der Waals surface area contributed by atoms with Crippen LogP contribution in [-0.4, -0.2) is 9.97 Å². The van der Waals surface area contributed by atoms with Gasteiger partial charge in [0.15, 0.2) is 0 Å². The molecule has 2 heterocycles. The summed E-state index contributed by atoms with van der Waals surface area (Å²) in [4.78, 5) is 8.77. The molecule has 3 aromatic rings. The van der Waals surface area contributed by atoms with Crippen LogP contribution in [0.3, 0.4) is 0 Å². The summed E-state index contributed by atoms with van der Waals surface area (Å²) in [5.41, 5.74) is 3.15. The Hall–Kier alpha value is -1.60. The average molecular weight is 368 g/mol. The molecule has 3 heteroatoms. The molecule has 0 saturated carbocycles. The monoisotopic (exact) mass is 368 g/mol. The van der Waals surface area contributed by atoms with Crippen LogP contribution in [0, 0.1) is 6.20 Å². The fraction of sp³-hybridized carbons (Fsp3) is 0.222. The van der Waals surface area contributed by atoms with Crippen LogP contribution in [0.15, 0.2) is 49.7 Å². The smallest absolute Gasteiger partial charge is 0.0406 e. The van der Waals surface area contributed by atoms with Crippen molar-refractivity contribution in [2.45, 2.75) is 27.2 Å². The van der Waals surface area contributed by atoms with Crippen LogP contribution >= 0.6 is 0 Å². The predicted molar refractivity (Wildman–Crippen MR) is 87.9 cm³/mol. The van der Waals surface area contributed by atoms with E-state index in [1.165, 1.54) is 5.56 Å². The average Bonchev–Trinajstić information content (AvgIpc) is 2.57. The Morgan fingerprint density at radius 3 is 2.38 bits per heavy atom. The zero-order valence-corrected chi connectivity index (χ0v) is 14.5. The van der Waals surface area contributed by atoms with Crippen LogP contribution in [-0.2, 0) is 25.9 Å². The first kappa shape index (κ1) is 19.4. The van der Waals surface area contributed by atoms with Crippen molar-refractivity contribution >= 4 is 21.8 Å². The van der Waals surface area contributed by atoms with Crippen LogP contribution in [0.5, 0.6) is 0 Å². The summed E-state index contributed by atoms with van der Waals surface area (Å²) < 4.78 is 0. The molecule has 0 aliphatic rings. The second-order valence-electron chi connectivity index (χ2n) is 3.85. The molecular formula is C18H21N2Rh-.